The number of hydrogen-bond donors (Lipinski definition) is 3. The maximum atomic E-state index is 11.6. The van der Waals surface area contributed by atoms with Crippen molar-refractivity contribution in [3.63, 3.8) is 0 Å². The van der Waals surface area contributed by atoms with Gasteiger partial charge in [-0.05, 0) is 6.92 Å². The lowest BCUT2D eigenvalue weighted by atomic mass is 10.2. The Morgan fingerprint density at radius 3 is 2.50 bits per heavy atom. The molecule has 2 rings (SSSR count). The molecular formula is C11H17ClN2O7S. The molecule has 0 unspecified atom stereocenters. The molecule has 11 heteroatoms. The van der Waals surface area contributed by atoms with E-state index in [2.05, 4.69) is 15.7 Å². The molecule has 1 aliphatic heterocycles. The number of halogens is 1. The summed E-state index contributed by atoms with van der Waals surface area (Å²) < 4.78 is 25.3. The van der Waals surface area contributed by atoms with Crippen molar-refractivity contribution in [3.8, 4) is 0 Å². The largest absolute Gasteiger partial charge is 0.394 e. The highest BCUT2D eigenvalue weighted by Crippen LogP contribution is 2.27. The van der Waals surface area contributed by atoms with Gasteiger partial charge in [-0.2, -0.15) is 0 Å². The minimum atomic E-state index is -3.19. The molecule has 1 saturated heterocycles. The number of aromatic amines is 1. The summed E-state index contributed by atoms with van der Waals surface area (Å²) in [6.07, 6.45) is 0.345. The van der Waals surface area contributed by atoms with Gasteiger partial charge in [-0.15, -0.1) is 0 Å². The quantitative estimate of drug-likeness (QED) is 0.558. The van der Waals surface area contributed by atoms with Gasteiger partial charge in [0.15, 0.2) is 0 Å². The third-order valence-electron chi connectivity index (χ3n) is 2.84. The number of H-pyrrole nitrogens is 1. The zero-order chi connectivity index (χ0) is 17.1. The summed E-state index contributed by atoms with van der Waals surface area (Å²) in [4.78, 5) is 24.9. The Kier molecular flexibility index (Phi) is 6.32. The van der Waals surface area contributed by atoms with Crippen LogP contribution in [0.1, 0.15) is 18.2 Å². The smallest absolute Gasteiger partial charge is 0.330 e. The Balaban J connectivity index is 0.000000422. The molecule has 0 aromatic carbocycles. The predicted octanol–water partition coefficient (Wildman–Crippen LogP) is -1.33. The van der Waals surface area contributed by atoms with Crippen LogP contribution in [0.15, 0.2) is 15.8 Å². The van der Waals surface area contributed by atoms with Gasteiger partial charge in [0.1, 0.15) is 12.3 Å². The standard InChI is InChI=1S/C10H14N2O5.CH3ClO2S/c1-5-3-12(10(16)11-9(5)15)8-2-6(14)7(4-13)17-8;1-5(2,3)4/h3,6-8,13-14H,2,4H2,1H3,(H,11,15,16);1H3/t6-,7+,8+;/m0./s1. The van der Waals surface area contributed by atoms with Crippen molar-refractivity contribution in [1.82, 2.24) is 9.55 Å². The SMILES string of the molecule is CS(=O)(=O)Cl.Cc1cn([C@H]2C[C@H](O)[C@@H](CO)O2)c(=O)[nH]c1=O. The molecule has 126 valence electrons. The van der Waals surface area contributed by atoms with Crippen LogP contribution in [0.25, 0.3) is 0 Å². The zero-order valence-corrected chi connectivity index (χ0v) is 13.5. The Bertz CT molecular complexity index is 719. The molecule has 3 N–H and O–H groups in total. The summed E-state index contributed by atoms with van der Waals surface area (Å²) in [7, 11) is 1.31. The topological polar surface area (TPSA) is 139 Å². The number of nitrogens with one attached hydrogen (secondary N) is 1. The van der Waals surface area contributed by atoms with Crippen molar-refractivity contribution in [2.24, 2.45) is 0 Å². The maximum Gasteiger partial charge on any atom is 0.330 e. The molecule has 1 fully saturated rings. The van der Waals surface area contributed by atoms with Crippen molar-refractivity contribution in [1.29, 1.82) is 0 Å². The van der Waals surface area contributed by atoms with E-state index in [9.17, 15) is 23.1 Å². The molecule has 9 nitrogen and oxygen atoms in total. The van der Waals surface area contributed by atoms with Crippen molar-refractivity contribution in [3.05, 3.63) is 32.6 Å². The fourth-order valence-electron chi connectivity index (χ4n) is 1.85. The third-order valence-corrected chi connectivity index (χ3v) is 2.84. The first-order chi connectivity index (χ1) is 10.0. The van der Waals surface area contributed by atoms with Crippen LogP contribution in [0.3, 0.4) is 0 Å². The first-order valence-electron chi connectivity index (χ1n) is 6.19. The number of aliphatic hydroxyl groups excluding tert-OH is 2. The molecule has 2 heterocycles. The van der Waals surface area contributed by atoms with E-state index in [0.29, 0.717) is 5.56 Å². The van der Waals surface area contributed by atoms with Crippen molar-refractivity contribution in [2.75, 3.05) is 12.9 Å². The molecule has 0 amide bonds. The van der Waals surface area contributed by atoms with E-state index in [4.69, 9.17) is 9.84 Å². The summed E-state index contributed by atoms with van der Waals surface area (Å²) >= 11 is 0. The van der Waals surface area contributed by atoms with Crippen LogP contribution in [-0.4, -0.2) is 53.3 Å². The van der Waals surface area contributed by atoms with Crippen molar-refractivity contribution < 1.29 is 23.4 Å². The molecular weight excluding hydrogens is 340 g/mol. The normalized spacial score (nSPS) is 24.7. The number of aliphatic hydroxyl groups is 2. The Morgan fingerprint density at radius 1 is 1.50 bits per heavy atom. The van der Waals surface area contributed by atoms with Crippen LogP contribution < -0.4 is 11.2 Å². The summed E-state index contributed by atoms with van der Waals surface area (Å²) in [5.41, 5.74) is -0.643. The lowest BCUT2D eigenvalue weighted by molar-refractivity contribution is -0.0459. The monoisotopic (exact) mass is 356 g/mol. The van der Waals surface area contributed by atoms with Crippen LogP contribution in [0, 0.1) is 6.92 Å². The van der Waals surface area contributed by atoms with E-state index < -0.39 is 38.7 Å². The van der Waals surface area contributed by atoms with Gasteiger partial charge in [-0.1, -0.05) is 0 Å². The molecule has 22 heavy (non-hydrogen) atoms. The summed E-state index contributed by atoms with van der Waals surface area (Å²) in [6.45, 7) is 1.26. The molecule has 3 atom stereocenters. The van der Waals surface area contributed by atoms with Crippen LogP contribution in [0.5, 0.6) is 0 Å². The maximum absolute atomic E-state index is 11.6. The number of rotatable bonds is 2. The van der Waals surface area contributed by atoms with Crippen molar-refractivity contribution in [2.45, 2.75) is 31.8 Å². The third kappa shape index (κ3) is 5.54. The number of aryl methyl sites for hydroxylation is 1. The zero-order valence-electron chi connectivity index (χ0n) is 11.9. The fourth-order valence-corrected chi connectivity index (χ4v) is 1.85. The van der Waals surface area contributed by atoms with Crippen LogP contribution in [-0.2, 0) is 13.8 Å². The van der Waals surface area contributed by atoms with Gasteiger partial charge in [0.25, 0.3) is 5.56 Å². The highest BCUT2D eigenvalue weighted by molar-refractivity contribution is 8.13. The second-order valence-corrected chi connectivity index (χ2v) is 7.82. The summed E-state index contributed by atoms with van der Waals surface area (Å²) in [5, 5.41) is 18.5. The van der Waals surface area contributed by atoms with Gasteiger partial charge >= 0.3 is 5.69 Å². The molecule has 0 bridgehead atoms. The number of nitrogens with zero attached hydrogens (tertiary/aromatic N) is 1. The molecule has 1 aliphatic rings. The highest BCUT2D eigenvalue weighted by Gasteiger charge is 2.34. The van der Waals surface area contributed by atoms with Crippen LogP contribution in [0.2, 0.25) is 0 Å². The van der Waals surface area contributed by atoms with Crippen LogP contribution >= 0.6 is 10.7 Å². The molecule has 0 spiro atoms. The minimum Gasteiger partial charge on any atom is -0.394 e. The van der Waals surface area contributed by atoms with Gasteiger partial charge < -0.3 is 14.9 Å². The summed E-state index contributed by atoms with van der Waals surface area (Å²) in [6, 6.07) is 0. The number of hydrogen-bond acceptors (Lipinski definition) is 7. The van der Waals surface area contributed by atoms with E-state index in [1.165, 1.54) is 10.8 Å². The van der Waals surface area contributed by atoms with Gasteiger partial charge in [-0.25, -0.2) is 13.2 Å². The average Bonchev–Trinajstić information content (AvgIpc) is 2.73. The lowest BCUT2D eigenvalue weighted by Gasteiger charge is -2.14. The Labute approximate surface area is 130 Å². The van der Waals surface area contributed by atoms with Gasteiger partial charge in [0, 0.05) is 28.9 Å². The van der Waals surface area contributed by atoms with Crippen molar-refractivity contribution >= 4 is 19.7 Å². The second kappa shape index (κ2) is 7.38. The van der Waals surface area contributed by atoms with E-state index in [-0.39, 0.29) is 13.0 Å². The van der Waals surface area contributed by atoms with E-state index in [0.717, 1.165) is 6.26 Å². The number of ether oxygens (including phenoxy) is 1. The van der Waals surface area contributed by atoms with Gasteiger partial charge in [0.05, 0.1) is 19.0 Å². The molecule has 1 aromatic heterocycles. The molecule has 0 saturated carbocycles. The summed E-state index contributed by atoms with van der Waals surface area (Å²) in [5.74, 6) is 0. The van der Waals surface area contributed by atoms with Crippen LogP contribution in [0.4, 0.5) is 0 Å². The first kappa shape index (κ1) is 18.8. The average molecular weight is 357 g/mol. The molecule has 0 aliphatic carbocycles. The highest BCUT2D eigenvalue weighted by atomic mass is 35.7. The fraction of sp³-hybridized carbons (Fsp3) is 0.636. The van der Waals surface area contributed by atoms with Gasteiger partial charge in [0.2, 0.25) is 9.05 Å². The Morgan fingerprint density at radius 2 is 2.05 bits per heavy atom. The minimum absolute atomic E-state index is 0.205. The molecule has 1 aromatic rings. The predicted molar refractivity (Wildman–Crippen MR) is 78.4 cm³/mol. The van der Waals surface area contributed by atoms with E-state index in [1.54, 1.807) is 6.92 Å². The van der Waals surface area contributed by atoms with E-state index >= 15 is 0 Å². The Hall–Kier alpha value is -1.20. The van der Waals surface area contributed by atoms with Gasteiger partial charge in [-0.3, -0.25) is 14.3 Å². The molecule has 0 radical (unpaired) electrons. The first-order valence-corrected chi connectivity index (χ1v) is 8.90. The lowest BCUT2D eigenvalue weighted by Crippen LogP contribution is -2.33. The van der Waals surface area contributed by atoms with E-state index in [1.807, 2.05) is 0 Å². The second-order valence-electron chi connectivity index (χ2n) is 4.78. The number of aromatic nitrogens is 2.